The summed E-state index contributed by atoms with van der Waals surface area (Å²) in [7, 11) is 0. The number of fused-ring (bicyclic) bond motifs is 1. The molecule has 1 aliphatic heterocycles. The van der Waals surface area contributed by atoms with Gasteiger partial charge in [-0.3, -0.25) is 6.58 Å². The fourth-order valence-electron chi connectivity index (χ4n) is 3.24. The van der Waals surface area contributed by atoms with Crippen LogP contribution in [-0.2, 0) is 20.1 Å². The van der Waals surface area contributed by atoms with Crippen LogP contribution in [0.3, 0.4) is 0 Å². The van der Waals surface area contributed by atoms with E-state index in [1.807, 2.05) is 42.5 Å². The molecule has 167 valence electrons. The first-order valence-electron chi connectivity index (χ1n) is 13.3. The van der Waals surface area contributed by atoms with Gasteiger partial charge in [0.2, 0.25) is 5.88 Å². The third kappa shape index (κ3) is 5.70. The van der Waals surface area contributed by atoms with Crippen LogP contribution in [0, 0.1) is 19.5 Å². The summed E-state index contributed by atoms with van der Waals surface area (Å²) >= 11 is 0. The normalized spacial score (nSPS) is 19.1. The van der Waals surface area contributed by atoms with Crippen molar-refractivity contribution in [2.75, 3.05) is 0 Å². The molecule has 0 saturated heterocycles. The number of pyridine rings is 3. The van der Waals surface area contributed by atoms with Gasteiger partial charge in [-0.05, 0) is 30.7 Å². The van der Waals surface area contributed by atoms with E-state index in [1.165, 1.54) is 6.07 Å². The SMILES string of the molecule is [2H]c1nc(C(=[CH-])C2Oc3nc(C([2H])([2H])[2H])ccc3C2C=C)c([2H])c([2H])c1[2H].[Ir].[c-]1ccccc1-c1ccccn1. The van der Waals surface area contributed by atoms with E-state index >= 15 is 0 Å². The van der Waals surface area contributed by atoms with Gasteiger partial charge in [0.15, 0.2) is 0 Å². The molecule has 2 atom stereocenters. The van der Waals surface area contributed by atoms with Gasteiger partial charge in [-0.15, -0.1) is 48.5 Å². The Kier molecular flexibility index (Phi) is 5.64. The van der Waals surface area contributed by atoms with Crippen molar-refractivity contribution in [3.63, 3.8) is 0 Å². The minimum absolute atomic E-state index is 0. The Morgan fingerprint density at radius 3 is 2.79 bits per heavy atom. The fraction of sp³-hybridized carbons (Fsp3) is 0.107. The smallest absolute Gasteiger partial charge is 0.218 e. The summed E-state index contributed by atoms with van der Waals surface area (Å²) < 4.78 is 59.2. The van der Waals surface area contributed by atoms with Gasteiger partial charge in [0.05, 0.1) is 4.11 Å². The molecule has 4 nitrogen and oxygen atoms in total. The molecule has 1 aliphatic rings. The van der Waals surface area contributed by atoms with Gasteiger partial charge in [0, 0.05) is 55.1 Å². The second-order valence-corrected chi connectivity index (χ2v) is 6.78. The maximum absolute atomic E-state index is 8.00. The Morgan fingerprint density at radius 2 is 2.06 bits per heavy atom. The van der Waals surface area contributed by atoms with Crippen LogP contribution in [0.1, 0.15) is 32.5 Å². The first-order valence-corrected chi connectivity index (χ1v) is 9.78. The molecule has 4 heterocycles. The average molecular weight is 617 g/mol. The third-order valence-electron chi connectivity index (χ3n) is 4.76. The number of benzene rings is 1. The van der Waals surface area contributed by atoms with Crippen molar-refractivity contribution < 1.29 is 34.4 Å². The summed E-state index contributed by atoms with van der Waals surface area (Å²) in [6, 6.07) is 18.5. The summed E-state index contributed by atoms with van der Waals surface area (Å²) in [6.45, 7) is 7.51. The molecule has 2 unspecified atom stereocenters. The van der Waals surface area contributed by atoms with E-state index in [2.05, 4.69) is 27.6 Å². The van der Waals surface area contributed by atoms with Gasteiger partial charge in [-0.1, -0.05) is 36.0 Å². The number of aryl methyl sites for hydroxylation is 1. The standard InChI is InChI=1S/C17H15N2O.C11H8N.Ir/c1-4-13-14-9-8-11(2)19-17(14)20-16(13)12(3)15-7-5-6-10-18-15;1-2-6-10(7-3-1)11-8-4-5-9-12-11;/h3-10,13,16H,1H2,2H3;1-6,8-9H;/q2*-1;/i2D3,5D,6D,7D,10D;;. The Hall–Kier alpha value is -3.40. The van der Waals surface area contributed by atoms with Crippen LogP contribution in [-0.4, -0.2) is 21.1 Å². The van der Waals surface area contributed by atoms with E-state index in [1.54, 1.807) is 18.3 Å². The predicted molar refractivity (Wildman–Crippen MR) is 127 cm³/mol. The number of aromatic nitrogens is 3. The van der Waals surface area contributed by atoms with Crippen LogP contribution in [0.2, 0.25) is 0 Å². The summed E-state index contributed by atoms with van der Waals surface area (Å²) in [5.74, 6) is -0.374. The molecular weight excluding hydrogens is 587 g/mol. The second-order valence-electron chi connectivity index (χ2n) is 6.78. The summed E-state index contributed by atoms with van der Waals surface area (Å²) in [5, 5.41) is 0. The van der Waals surface area contributed by atoms with Crippen LogP contribution in [0.25, 0.3) is 16.8 Å². The Morgan fingerprint density at radius 1 is 1.18 bits per heavy atom. The largest absolute Gasteiger partial charge is 0.471 e. The van der Waals surface area contributed by atoms with Gasteiger partial charge < -0.3 is 14.7 Å². The van der Waals surface area contributed by atoms with Crippen LogP contribution >= 0.6 is 0 Å². The number of rotatable bonds is 4. The predicted octanol–water partition coefficient (Wildman–Crippen LogP) is 5.88. The van der Waals surface area contributed by atoms with E-state index in [0.717, 1.165) is 11.3 Å². The van der Waals surface area contributed by atoms with Crippen molar-refractivity contribution in [3.05, 3.63) is 127 Å². The average Bonchev–Trinajstić information content (AvgIpc) is 3.32. The van der Waals surface area contributed by atoms with Gasteiger partial charge in [0.1, 0.15) is 6.10 Å². The second kappa shape index (κ2) is 11.5. The van der Waals surface area contributed by atoms with E-state index in [9.17, 15) is 0 Å². The molecular formula is C28H23IrN3O-2. The van der Waals surface area contributed by atoms with Crippen molar-refractivity contribution >= 4 is 5.57 Å². The fourth-order valence-corrected chi connectivity index (χ4v) is 3.24. The first-order chi connectivity index (χ1) is 18.5. The van der Waals surface area contributed by atoms with E-state index in [4.69, 9.17) is 20.9 Å². The van der Waals surface area contributed by atoms with Crippen LogP contribution in [0.4, 0.5) is 0 Å². The molecule has 33 heavy (non-hydrogen) atoms. The zero-order valence-electron chi connectivity index (χ0n) is 24.4. The molecule has 0 spiro atoms. The number of nitrogens with zero attached hydrogens (tertiary/aromatic N) is 3. The molecule has 5 rings (SSSR count). The molecule has 0 saturated carbocycles. The molecule has 0 N–H and O–H groups in total. The van der Waals surface area contributed by atoms with Crippen LogP contribution in [0.15, 0.2) is 97.7 Å². The number of hydrogen-bond donors (Lipinski definition) is 0. The molecule has 1 radical (unpaired) electrons. The monoisotopic (exact) mass is 617 g/mol. The van der Waals surface area contributed by atoms with Crippen LogP contribution in [0.5, 0.6) is 5.88 Å². The number of hydrogen-bond acceptors (Lipinski definition) is 4. The number of ether oxygens (including phenoxy) is 1. The zero-order valence-corrected chi connectivity index (χ0v) is 19.8. The van der Waals surface area contributed by atoms with E-state index in [0.29, 0.717) is 5.56 Å². The first kappa shape index (κ1) is 16.2. The van der Waals surface area contributed by atoms with E-state index < -0.39 is 37.1 Å². The molecule has 5 heteroatoms. The molecule has 0 aliphatic carbocycles. The van der Waals surface area contributed by atoms with Crippen LogP contribution < -0.4 is 4.74 Å². The summed E-state index contributed by atoms with van der Waals surface area (Å²) in [6.07, 6.45) is 2.01. The minimum Gasteiger partial charge on any atom is -0.471 e. The van der Waals surface area contributed by atoms with E-state index in [-0.39, 0.29) is 49.0 Å². The Balaban J connectivity index is 0.000000283. The molecule has 3 aromatic heterocycles. The molecule has 0 bridgehead atoms. The van der Waals surface area contributed by atoms with Gasteiger partial charge in [-0.25, -0.2) is 4.98 Å². The molecule has 0 fully saturated rings. The molecule has 4 aromatic rings. The van der Waals surface area contributed by atoms with Gasteiger partial charge in [-0.2, -0.15) is 5.57 Å². The molecule has 1 aromatic carbocycles. The van der Waals surface area contributed by atoms with Crippen molar-refractivity contribution in [2.24, 2.45) is 0 Å². The summed E-state index contributed by atoms with van der Waals surface area (Å²) in [4.78, 5) is 12.1. The Bertz CT molecular complexity index is 1480. The third-order valence-corrected chi connectivity index (χ3v) is 4.76. The quantitative estimate of drug-likeness (QED) is 0.212. The maximum Gasteiger partial charge on any atom is 0.218 e. The topological polar surface area (TPSA) is 47.9 Å². The molecule has 0 amide bonds. The van der Waals surface area contributed by atoms with Crippen molar-refractivity contribution in [2.45, 2.75) is 18.9 Å². The summed E-state index contributed by atoms with van der Waals surface area (Å²) in [5.41, 5.74) is 2.34. The van der Waals surface area contributed by atoms with Gasteiger partial charge >= 0.3 is 0 Å². The zero-order chi connectivity index (χ0) is 28.3. The Labute approximate surface area is 218 Å². The minimum atomic E-state index is -2.39. The van der Waals surface area contributed by atoms with Crippen molar-refractivity contribution in [1.82, 2.24) is 15.0 Å². The van der Waals surface area contributed by atoms with Crippen molar-refractivity contribution in [3.8, 4) is 17.1 Å². The van der Waals surface area contributed by atoms with Gasteiger partial charge in [0.25, 0.3) is 0 Å². The van der Waals surface area contributed by atoms with Crippen molar-refractivity contribution in [1.29, 1.82) is 0 Å². The maximum atomic E-state index is 8.00.